The van der Waals surface area contributed by atoms with Crippen molar-refractivity contribution in [2.24, 2.45) is 5.10 Å². The van der Waals surface area contributed by atoms with Crippen LogP contribution in [0, 0.1) is 0 Å². The van der Waals surface area contributed by atoms with Crippen LogP contribution in [-0.4, -0.2) is 25.0 Å². The zero-order chi connectivity index (χ0) is 18.6. The Hall–Kier alpha value is -3.54. The van der Waals surface area contributed by atoms with Crippen molar-refractivity contribution in [2.75, 3.05) is 6.79 Å². The van der Waals surface area contributed by atoms with Gasteiger partial charge in [-0.2, -0.15) is 5.10 Å². The van der Waals surface area contributed by atoms with Gasteiger partial charge < -0.3 is 14.2 Å². The maximum atomic E-state index is 12.2. The van der Waals surface area contributed by atoms with Gasteiger partial charge >= 0.3 is 0 Å². The summed E-state index contributed by atoms with van der Waals surface area (Å²) in [5, 5.41) is 6.16. The molecule has 1 heterocycles. The highest BCUT2D eigenvalue weighted by Crippen LogP contribution is 2.31. The highest BCUT2D eigenvalue weighted by atomic mass is 16.7. The first kappa shape index (κ1) is 16.9. The first-order valence-corrected chi connectivity index (χ1v) is 8.57. The number of fused-ring (bicyclic) bond motifs is 2. The first-order chi connectivity index (χ1) is 13.2. The molecule has 1 amide bonds. The highest BCUT2D eigenvalue weighted by Gasteiger charge is 2.15. The van der Waals surface area contributed by atoms with E-state index in [0.29, 0.717) is 17.2 Å². The molecule has 27 heavy (non-hydrogen) atoms. The topological polar surface area (TPSA) is 69.2 Å². The van der Waals surface area contributed by atoms with Gasteiger partial charge in [0.1, 0.15) is 5.75 Å². The first-order valence-electron chi connectivity index (χ1n) is 8.57. The quantitative estimate of drug-likeness (QED) is 0.557. The van der Waals surface area contributed by atoms with E-state index in [1.54, 1.807) is 25.3 Å². The summed E-state index contributed by atoms with van der Waals surface area (Å²) in [6.45, 7) is 1.90. The zero-order valence-electron chi connectivity index (χ0n) is 14.7. The third-order valence-corrected chi connectivity index (χ3v) is 4.19. The molecule has 0 saturated carbocycles. The number of benzene rings is 3. The van der Waals surface area contributed by atoms with Crippen molar-refractivity contribution < 1.29 is 19.0 Å². The fourth-order valence-corrected chi connectivity index (χ4v) is 2.75. The van der Waals surface area contributed by atoms with E-state index in [2.05, 4.69) is 10.5 Å². The summed E-state index contributed by atoms with van der Waals surface area (Å²) < 4.78 is 16.3. The molecule has 0 bridgehead atoms. The van der Waals surface area contributed by atoms with Gasteiger partial charge in [-0.1, -0.05) is 30.3 Å². The molecular formula is C21H18N2O4. The highest BCUT2D eigenvalue weighted by molar-refractivity contribution is 5.86. The van der Waals surface area contributed by atoms with Crippen LogP contribution in [0.4, 0.5) is 0 Å². The number of nitrogens with one attached hydrogen (secondary N) is 1. The number of hydrazone groups is 1. The molecule has 3 aromatic rings. The largest absolute Gasteiger partial charge is 0.481 e. The lowest BCUT2D eigenvalue weighted by atomic mass is 10.1. The van der Waals surface area contributed by atoms with Gasteiger partial charge in [0.2, 0.25) is 6.79 Å². The van der Waals surface area contributed by atoms with E-state index in [-0.39, 0.29) is 12.7 Å². The summed E-state index contributed by atoms with van der Waals surface area (Å²) >= 11 is 0. The van der Waals surface area contributed by atoms with E-state index in [0.717, 1.165) is 16.3 Å². The van der Waals surface area contributed by atoms with Crippen LogP contribution in [-0.2, 0) is 4.79 Å². The molecule has 3 aromatic carbocycles. The van der Waals surface area contributed by atoms with Gasteiger partial charge in [-0.3, -0.25) is 4.79 Å². The predicted molar refractivity (Wildman–Crippen MR) is 102 cm³/mol. The van der Waals surface area contributed by atoms with Crippen LogP contribution in [0.25, 0.3) is 10.8 Å². The summed E-state index contributed by atoms with van der Waals surface area (Å²) in [7, 11) is 0. The van der Waals surface area contributed by atoms with Crippen LogP contribution in [0.2, 0.25) is 0 Å². The van der Waals surface area contributed by atoms with Crippen molar-refractivity contribution >= 4 is 22.9 Å². The summed E-state index contributed by atoms with van der Waals surface area (Å²) in [4.78, 5) is 12.2. The van der Waals surface area contributed by atoms with Crippen molar-refractivity contribution in [2.45, 2.75) is 13.0 Å². The molecule has 136 valence electrons. The normalized spacial score (nSPS) is 13.7. The lowest BCUT2D eigenvalue weighted by Gasteiger charge is -2.13. The summed E-state index contributed by atoms with van der Waals surface area (Å²) in [5.41, 5.74) is 3.28. The van der Waals surface area contributed by atoms with Crippen LogP contribution in [0.1, 0.15) is 12.5 Å². The van der Waals surface area contributed by atoms with Crippen molar-refractivity contribution in [3.8, 4) is 17.2 Å². The molecular weight excluding hydrogens is 344 g/mol. The Morgan fingerprint density at radius 2 is 1.89 bits per heavy atom. The SMILES string of the molecule is C[C@H](Oc1ccc2ccccc2c1)C(=O)N/N=C\c1ccc2c(c1)OCO2. The third kappa shape index (κ3) is 3.84. The summed E-state index contributed by atoms with van der Waals surface area (Å²) in [6.07, 6.45) is 0.864. The number of ether oxygens (including phenoxy) is 3. The molecule has 1 aliphatic heterocycles. The Bertz CT molecular complexity index is 1020. The molecule has 0 radical (unpaired) electrons. The van der Waals surface area contributed by atoms with Gasteiger partial charge in [0.25, 0.3) is 5.91 Å². The van der Waals surface area contributed by atoms with E-state index < -0.39 is 6.10 Å². The maximum absolute atomic E-state index is 12.2. The Morgan fingerprint density at radius 3 is 2.78 bits per heavy atom. The van der Waals surface area contributed by atoms with E-state index in [1.807, 2.05) is 48.5 Å². The van der Waals surface area contributed by atoms with Gasteiger partial charge in [-0.05, 0) is 53.6 Å². The molecule has 0 aliphatic carbocycles. The predicted octanol–water partition coefficient (Wildman–Crippen LogP) is 3.49. The average molecular weight is 362 g/mol. The number of nitrogens with zero attached hydrogens (tertiary/aromatic N) is 1. The van der Waals surface area contributed by atoms with Gasteiger partial charge in [0, 0.05) is 0 Å². The fourth-order valence-electron chi connectivity index (χ4n) is 2.75. The van der Waals surface area contributed by atoms with Gasteiger partial charge in [0.05, 0.1) is 6.21 Å². The third-order valence-electron chi connectivity index (χ3n) is 4.19. The molecule has 0 saturated heterocycles. The Balaban J connectivity index is 1.35. The van der Waals surface area contributed by atoms with Crippen molar-refractivity contribution in [3.05, 3.63) is 66.2 Å². The zero-order valence-corrected chi connectivity index (χ0v) is 14.7. The number of carbonyl (C=O) groups is 1. The Labute approximate surface area is 156 Å². The number of hydrogen-bond donors (Lipinski definition) is 1. The van der Waals surface area contributed by atoms with E-state index in [9.17, 15) is 4.79 Å². The van der Waals surface area contributed by atoms with Crippen LogP contribution < -0.4 is 19.6 Å². The van der Waals surface area contributed by atoms with Crippen LogP contribution >= 0.6 is 0 Å². The van der Waals surface area contributed by atoms with Gasteiger partial charge in [0.15, 0.2) is 17.6 Å². The number of hydrogen-bond acceptors (Lipinski definition) is 5. The minimum atomic E-state index is -0.680. The molecule has 0 unspecified atom stereocenters. The second-order valence-corrected chi connectivity index (χ2v) is 6.12. The molecule has 0 aromatic heterocycles. The second-order valence-electron chi connectivity index (χ2n) is 6.12. The summed E-state index contributed by atoms with van der Waals surface area (Å²) in [6, 6.07) is 19.1. The number of rotatable bonds is 5. The lowest BCUT2D eigenvalue weighted by molar-refractivity contribution is -0.127. The lowest BCUT2D eigenvalue weighted by Crippen LogP contribution is -2.33. The maximum Gasteiger partial charge on any atom is 0.280 e. The van der Waals surface area contributed by atoms with Crippen LogP contribution in [0.15, 0.2) is 65.8 Å². The van der Waals surface area contributed by atoms with E-state index in [1.165, 1.54) is 0 Å². The van der Waals surface area contributed by atoms with Crippen molar-refractivity contribution in [1.29, 1.82) is 0 Å². The van der Waals surface area contributed by atoms with Crippen molar-refractivity contribution in [1.82, 2.24) is 5.43 Å². The van der Waals surface area contributed by atoms with Gasteiger partial charge in [-0.25, -0.2) is 5.43 Å². The average Bonchev–Trinajstić information content (AvgIpc) is 3.15. The van der Waals surface area contributed by atoms with Crippen LogP contribution in [0.3, 0.4) is 0 Å². The molecule has 6 nitrogen and oxygen atoms in total. The number of amides is 1. The molecule has 0 spiro atoms. The Morgan fingerprint density at radius 1 is 1.07 bits per heavy atom. The molecule has 4 rings (SSSR count). The smallest absolute Gasteiger partial charge is 0.280 e. The van der Waals surface area contributed by atoms with E-state index in [4.69, 9.17) is 14.2 Å². The monoisotopic (exact) mass is 362 g/mol. The van der Waals surface area contributed by atoms with E-state index >= 15 is 0 Å². The summed E-state index contributed by atoms with van der Waals surface area (Å²) in [5.74, 6) is 1.67. The second kappa shape index (κ2) is 7.37. The molecule has 6 heteroatoms. The fraction of sp³-hybridized carbons (Fsp3) is 0.143. The Kier molecular flexibility index (Phi) is 4.61. The standard InChI is InChI=1S/C21H18N2O4/c1-14(27-18-8-7-16-4-2-3-5-17(16)11-18)21(24)23-22-12-15-6-9-19-20(10-15)26-13-25-19/h2-12,14H,13H2,1H3,(H,23,24)/b22-12-/t14-/m0/s1. The molecule has 1 atom stereocenters. The minimum Gasteiger partial charge on any atom is -0.481 e. The minimum absolute atomic E-state index is 0.219. The van der Waals surface area contributed by atoms with Crippen LogP contribution in [0.5, 0.6) is 17.2 Å². The number of carbonyl (C=O) groups excluding carboxylic acids is 1. The molecule has 1 aliphatic rings. The molecule has 1 N–H and O–H groups in total. The molecule has 0 fully saturated rings. The van der Waals surface area contributed by atoms with Crippen molar-refractivity contribution in [3.63, 3.8) is 0 Å². The van der Waals surface area contributed by atoms with Gasteiger partial charge in [-0.15, -0.1) is 0 Å².